The van der Waals surface area contributed by atoms with Crippen molar-refractivity contribution in [2.45, 2.75) is 57.0 Å². The lowest BCUT2D eigenvalue weighted by molar-refractivity contribution is -0.143. The Kier molecular flexibility index (Phi) is 8.07. The topological polar surface area (TPSA) is 54.0 Å². The summed E-state index contributed by atoms with van der Waals surface area (Å²) in [4.78, 5) is 17.2. The fourth-order valence-electron chi connectivity index (χ4n) is 4.37. The van der Waals surface area contributed by atoms with E-state index in [2.05, 4.69) is 15.6 Å². The number of aromatic nitrogens is 1. The summed E-state index contributed by atoms with van der Waals surface area (Å²) in [6, 6.07) is 10.4. The van der Waals surface area contributed by atoms with E-state index in [9.17, 15) is 31.1 Å². The number of amides is 1. The van der Waals surface area contributed by atoms with E-state index in [1.165, 1.54) is 0 Å². The van der Waals surface area contributed by atoms with Gasteiger partial charge >= 0.3 is 12.4 Å². The van der Waals surface area contributed by atoms with Gasteiger partial charge in [-0.1, -0.05) is 18.2 Å². The number of carbonyl (C=O) groups excluding carboxylic acids is 1. The molecule has 1 aromatic heterocycles. The fraction of sp³-hybridized carbons (Fsp3) is 0.360. The first kappa shape index (κ1) is 27.6. The number of hydrogen-bond donors (Lipinski definition) is 2. The number of para-hydroxylation sites is 1. The Labute approximate surface area is 209 Å². The van der Waals surface area contributed by atoms with Crippen LogP contribution in [-0.4, -0.2) is 23.0 Å². The van der Waals surface area contributed by atoms with Crippen LogP contribution in [0.15, 0.2) is 48.5 Å². The molecule has 2 N–H and O–H groups in total. The van der Waals surface area contributed by atoms with Crippen LogP contribution in [0.3, 0.4) is 0 Å². The Morgan fingerprint density at radius 3 is 2.00 bits per heavy atom. The maximum atomic E-state index is 13.1. The van der Waals surface area contributed by atoms with Crippen LogP contribution in [0.5, 0.6) is 0 Å². The molecule has 1 aliphatic carbocycles. The zero-order valence-corrected chi connectivity index (χ0v) is 19.9. The Morgan fingerprint density at radius 2 is 1.42 bits per heavy atom. The van der Waals surface area contributed by atoms with Crippen LogP contribution in [-0.2, 0) is 12.4 Å². The average molecular weight is 532 g/mol. The monoisotopic (exact) mass is 531 g/mol. The van der Waals surface area contributed by atoms with Crippen molar-refractivity contribution in [2.24, 2.45) is 0 Å². The van der Waals surface area contributed by atoms with Crippen molar-refractivity contribution in [3.8, 4) is 0 Å². The zero-order valence-electron chi connectivity index (χ0n) is 19.1. The first-order chi connectivity index (χ1) is 16.4. The minimum Gasteiger partial charge on any atom is -0.367 e. The lowest BCUT2D eigenvalue weighted by atomic mass is 9.90. The van der Waals surface area contributed by atoms with E-state index < -0.39 is 35.0 Å². The molecule has 0 aliphatic heterocycles. The summed E-state index contributed by atoms with van der Waals surface area (Å²) in [6.07, 6.45) is -7.63. The van der Waals surface area contributed by atoms with Crippen molar-refractivity contribution in [1.82, 2.24) is 10.3 Å². The van der Waals surface area contributed by atoms with Gasteiger partial charge in [-0.3, -0.25) is 4.79 Å². The van der Waals surface area contributed by atoms with Gasteiger partial charge in [-0.2, -0.15) is 26.3 Å². The number of halogens is 7. The first-order valence-corrected chi connectivity index (χ1v) is 11.1. The molecule has 1 aliphatic rings. The van der Waals surface area contributed by atoms with E-state index in [0.29, 0.717) is 37.8 Å². The van der Waals surface area contributed by atoms with Gasteiger partial charge in [0.2, 0.25) is 0 Å². The van der Waals surface area contributed by atoms with E-state index in [4.69, 9.17) is 0 Å². The van der Waals surface area contributed by atoms with E-state index in [-0.39, 0.29) is 30.6 Å². The molecule has 0 saturated heterocycles. The SMILES string of the molecule is Cc1cc(NC2CCC(NC(=O)c3cc(C(F)(F)F)cc(C(F)(F)F)c3)CC2)nc2ccccc12.Cl. The van der Waals surface area contributed by atoms with Crippen LogP contribution in [0.25, 0.3) is 10.9 Å². The van der Waals surface area contributed by atoms with Gasteiger partial charge in [0.05, 0.1) is 16.6 Å². The van der Waals surface area contributed by atoms with Crippen LogP contribution >= 0.6 is 12.4 Å². The van der Waals surface area contributed by atoms with Gasteiger partial charge in [-0.25, -0.2) is 4.98 Å². The molecule has 2 aromatic carbocycles. The summed E-state index contributed by atoms with van der Waals surface area (Å²) in [5, 5.41) is 7.05. The first-order valence-electron chi connectivity index (χ1n) is 11.1. The summed E-state index contributed by atoms with van der Waals surface area (Å²) in [5.41, 5.74) is -1.73. The number of carbonyl (C=O) groups is 1. The third-order valence-electron chi connectivity index (χ3n) is 6.19. The number of nitrogens with zero attached hydrogens (tertiary/aromatic N) is 1. The van der Waals surface area contributed by atoms with Crippen LogP contribution < -0.4 is 10.6 Å². The molecule has 11 heteroatoms. The normalized spacial score (nSPS) is 18.4. The van der Waals surface area contributed by atoms with Crippen molar-refractivity contribution in [2.75, 3.05) is 5.32 Å². The van der Waals surface area contributed by atoms with Gasteiger partial charge < -0.3 is 10.6 Å². The Balaban J connectivity index is 0.00000361. The number of aryl methyl sites for hydroxylation is 1. The summed E-state index contributed by atoms with van der Waals surface area (Å²) in [6.45, 7) is 2.00. The van der Waals surface area contributed by atoms with Gasteiger partial charge in [-0.15, -0.1) is 12.4 Å². The fourth-order valence-corrected chi connectivity index (χ4v) is 4.37. The number of nitrogens with one attached hydrogen (secondary N) is 2. The summed E-state index contributed by atoms with van der Waals surface area (Å²) in [7, 11) is 0. The van der Waals surface area contributed by atoms with Crippen molar-refractivity contribution < 1.29 is 31.1 Å². The molecule has 0 unspecified atom stereocenters. The Hall–Kier alpha value is -3.01. The third kappa shape index (κ3) is 6.40. The number of rotatable bonds is 4. The molecule has 3 aromatic rings. The minimum atomic E-state index is -5.00. The number of benzene rings is 2. The number of anilines is 1. The zero-order chi connectivity index (χ0) is 25.4. The largest absolute Gasteiger partial charge is 0.416 e. The van der Waals surface area contributed by atoms with Gasteiger partial charge in [0.1, 0.15) is 5.82 Å². The molecule has 1 fully saturated rings. The molecule has 1 amide bonds. The van der Waals surface area contributed by atoms with Crippen molar-refractivity contribution in [1.29, 1.82) is 0 Å². The molecule has 0 bridgehead atoms. The van der Waals surface area contributed by atoms with Gasteiger partial charge in [0.15, 0.2) is 0 Å². The van der Waals surface area contributed by atoms with Crippen molar-refractivity contribution in [3.63, 3.8) is 0 Å². The second-order valence-corrected chi connectivity index (χ2v) is 8.80. The van der Waals surface area contributed by atoms with E-state index in [1.807, 2.05) is 37.3 Å². The molecule has 36 heavy (non-hydrogen) atoms. The maximum Gasteiger partial charge on any atom is 0.416 e. The van der Waals surface area contributed by atoms with Crippen LogP contribution in [0.4, 0.5) is 32.2 Å². The molecule has 4 nitrogen and oxygen atoms in total. The summed E-state index contributed by atoms with van der Waals surface area (Å²) >= 11 is 0. The lowest BCUT2D eigenvalue weighted by Crippen LogP contribution is -2.40. The Morgan fingerprint density at radius 1 is 0.861 bits per heavy atom. The van der Waals surface area contributed by atoms with Gasteiger partial charge in [0, 0.05) is 23.0 Å². The standard InChI is InChI=1S/C25H23F6N3O.ClH/c1-14-10-22(34-21-5-3-2-4-20(14)21)32-18-6-8-19(9-7-18)33-23(35)15-11-16(24(26,27)28)13-17(12-15)25(29,30)31;/h2-5,10-13,18-19H,6-9H2,1H3,(H,32,34)(H,33,35);1H. The predicted octanol–water partition coefficient (Wildman–Crippen LogP) is 7.16. The summed E-state index contributed by atoms with van der Waals surface area (Å²) in [5.74, 6) is -0.220. The number of hydrogen-bond acceptors (Lipinski definition) is 3. The molecule has 0 radical (unpaired) electrons. The third-order valence-corrected chi connectivity index (χ3v) is 6.19. The van der Waals surface area contributed by atoms with Gasteiger partial charge in [-0.05, 0) is 68.5 Å². The van der Waals surface area contributed by atoms with Crippen LogP contribution in [0, 0.1) is 6.92 Å². The second-order valence-electron chi connectivity index (χ2n) is 8.80. The number of alkyl halides is 6. The van der Waals surface area contributed by atoms with E-state index >= 15 is 0 Å². The Bertz CT molecular complexity index is 1200. The molecule has 0 spiro atoms. The number of pyridine rings is 1. The quantitative estimate of drug-likeness (QED) is 0.351. The highest BCUT2D eigenvalue weighted by Gasteiger charge is 2.37. The smallest absolute Gasteiger partial charge is 0.367 e. The summed E-state index contributed by atoms with van der Waals surface area (Å²) < 4.78 is 78.5. The predicted molar refractivity (Wildman–Crippen MR) is 127 cm³/mol. The van der Waals surface area contributed by atoms with Gasteiger partial charge in [0.25, 0.3) is 5.91 Å². The molecule has 1 saturated carbocycles. The van der Waals surface area contributed by atoms with Crippen LogP contribution in [0.2, 0.25) is 0 Å². The maximum absolute atomic E-state index is 13.1. The number of fused-ring (bicyclic) bond motifs is 1. The highest BCUT2D eigenvalue weighted by molar-refractivity contribution is 5.95. The highest BCUT2D eigenvalue weighted by atomic mass is 35.5. The molecule has 1 heterocycles. The molecular formula is C25H24ClF6N3O. The lowest BCUT2D eigenvalue weighted by Gasteiger charge is -2.30. The van der Waals surface area contributed by atoms with E-state index in [0.717, 1.165) is 22.3 Å². The average Bonchev–Trinajstić information content (AvgIpc) is 2.79. The van der Waals surface area contributed by atoms with Crippen molar-refractivity contribution in [3.05, 3.63) is 70.8 Å². The molecular weight excluding hydrogens is 508 g/mol. The van der Waals surface area contributed by atoms with E-state index in [1.54, 1.807) is 0 Å². The van der Waals surface area contributed by atoms with Crippen molar-refractivity contribution >= 4 is 35.0 Å². The molecule has 0 atom stereocenters. The highest BCUT2D eigenvalue weighted by Crippen LogP contribution is 2.36. The van der Waals surface area contributed by atoms with Crippen LogP contribution in [0.1, 0.15) is 52.7 Å². The molecule has 194 valence electrons. The second kappa shape index (κ2) is 10.5. The minimum absolute atomic E-state index is 0. The molecule has 4 rings (SSSR count).